The van der Waals surface area contributed by atoms with E-state index in [0.717, 1.165) is 0 Å². The number of ether oxygens (including phenoxy) is 1. The number of hydrogen-bond acceptors (Lipinski definition) is 2. The number of hydrogen-bond donors (Lipinski definition) is 1. The van der Waals surface area contributed by atoms with Crippen molar-refractivity contribution in [3.8, 4) is 0 Å². The van der Waals surface area contributed by atoms with Crippen LogP contribution in [0.1, 0.15) is 27.2 Å². The molecule has 0 spiro atoms. The van der Waals surface area contributed by atoms with Gasteiger partial charge in [-0.2, -0.15) is 13.2 Å². The van der Waals surface area contributed by atoms with E-state index in [1.54, 1.807) is 0 Å². The van der Waals surface area contributed by atoms with Crippen molar-refractivity contribution in [2.24, 2.45) is 0 Å². The summed E-state index contributed by atoms with van der Waals surface area (Å²) in [5.74, 6) is 0. The molecule has 2 nitrogen and oxygen atoms in total. The Kier molecular flexibility index (Phi) is 5.44. The molecule has 86 valence electrons. The molecule has 0 radical (unpaired) electrons. The van der Waals surface area contributed by atoms with Crippen molar-refractivity contribution in [1.29, 1.82) is 0 Å². The van der Waals surface area contributed by atoms with Gasteiger partial charge in [0.25, 0.3) is 0 Å². The summed E-state index contributed by atoms with van der Waals surface area (Å²) in [6.45, 7) is 5.62. The third kappa shape index (κ3) is 11.7. The summed E-state index contributed by atoms with van der Waals surface area (Å²) in [4.78, 5) is 0. The Bertz CT molecular complexity index is 133. The minimum Gasteiger partial charge on any atom is -0.376 e. The predicted octanol–water partition coefficient (Wildman–Crippen LogP) is 2.34. The van der Waals surface area contributed by atoms with E-state index in [4.69, 9.17) is 4.74 Å². The molecule has 0 bridgehead atoms. The fourth-order valence-corrected chi connectivity index (χ4v) is 0.806. The minimum absolute atomic E-state index is 0.218. The van der Waals surface area contributed by atoms with Gasteiger partial charge < -0.3 is 10.1 Å². The predicted molar refractivity (Wildman–Crippen MR) is 49.2 cm³/mol. The summed E-state index contributed by atoms with van der Waals surface area (Å²) >= 11 is 0. The lowest BCUT2D eigenvalue weighted by atomic mass is 10.2. The van der Waals surface area contributed by atoms with Crippen LogP contribution in [0.3, 0.4) is 0 Å². The van der Waals surface area contributed by atoms with Crippen molar-refractivity contribution < 1.29 is 17.9 Å². The molecule has 0 aliphatic carbocycles. The molecule has 0 heterocycles. The van der Waals surface area contributed by atoms with Crippen molar-refractivity contribution in [3.05, 3.63) is 0 Å². The number of nitrogens with one attached hydrogen (secondary N) is 1. The zero-order valence-electron chi connectivity index (χ0n) is 8.87. The molecule has 0 aliphatic heterocycles. The van der Waals surface area contributed by atoms with Gasteiger partial charge in [-0.25, -0.2) is 0 Å². The Hall–Kier alpha value is -0.290. The van der Waals surface area contributed by atoms with Gasteiger partial charge in [-0.15, -0.1) is 0 Å². The van der Waals surface area contributed by atoms with E-state index in [1.165, 1.54) is 0 Å². The Balaban J connectivity index is 3.23. The first-order chi connectivity index (χ1) is 6.21. The van der Waals surface area contributed by atoms with E-state index in [9.17, 15) is 13.2 Å². The molecule has 0 atom stereocenters. The van der Waals surface area contributed by atoms with Gasteiger partial charge in [0.2, 0.25) is 0 Å². The molecular formula is C9H18F3NO. The van der Waals surface area contributed by atoms with Gasteiger partial charge in [-0.05, 0) is 33.7 Å². The molecular weight excluding hydrogens is 195 g/mol. The van der Waals surface area contributed by atoms with Crippen LogP contribution in [0.25, 0.3) is 0 Å². The minimum atomic E-state index is -4.12. The Labute approximate surface area is 82.8 Å². The highest BCUT2D eigenvalue weighted by atomic mass is 19.4. The molecule has 0 amide bonds. The molecule has 5 heteroatoms. The highest BCUT2D eigenvalue weighted by molar-refractivity contribution is 4.59. The second kappa shape index (κ2) is 5.56. The van der Waals surface area contributed by atoms with Crippen molar-refractivity contribution in [2.75, 3.05) is 19.7 Å². The normalized spacial score (nSPS) is 13.3. The van der Waals surface area contributed by atoms with Crippen molar-refractivity contribution in [2.45, 2.75) is 39.0 Å². The van der Waals surface area contributed by atoms with Crippen molar-refractivity contribution in [3.63, 3.8) is 0 Å². The molecule has 0 aromatic carbocycles. The van der Waals surface area contributed by atoms with Gasteiger partial charge in [0, 0.05) is 6.61 Å². The molecule has 0 aromatic rings. The lowest BCUT2D eigenvalue weighted by Gasteiger charge is -2.19. The first kappa shape index (κ1) is 13.7. The van der Waals surface area contributed by atoms with Gasteiger partial charge >= 0.3 is 6.18 Å². The second-order valence-electron chi connectivity index (χ2n) is 4.11. The number of halogens is 3. The average molecular weight is 213 g/mol. The van der Waals surface area contributed by atoms with E-state index >= 15 is 0 Å². The highest BCUT2D eigenvalue weighted by Gasteiger charge is 2.25. The fraction of sp³-hybridized carbons (Fsp3) is 1.00. The summed E-state index contributed by atoms with van der Waals surface area (Å²) in [7, 11) is 0. The smallest absolute Gasteiger partial charge is 0.376 e. The van der Waals surface area contributed by atoms with Crippen LogP contribution in [0.4, 0.5) is 13.2 Å². The SMILES string of the molecule is CC(C)(C)OCCCNCC(F)(F)F. The Morgan fingerprint density at radius 3 is 2.14 bits per heavy atom. The maximum absolute atomic E-state index is 11.7. The summed E-state index contributed by atoms with van der Waals surface area (Å²) in [6.07, 6.45) is -3.53. The lowest BCUT2D eigenvalue weighted by Crippen LogP contribution is -2.30. The maximum atomic E-state index is 11.7. The molecule has 0 saturated carbocycles. The average Bonchev–Trinajstić information content (AvgIpc) is 1.92. The van der Waals surface area contributed by atoms with Crippen LogP contribution in [-0.2, 0) is 4.74 Å². The molecule has 0 fully saturated rings. The van der Waals surface area contributed by atoms with E-state index in [1.807, 2.05) is 20.8 Å². The van der Waals surface area contributed by atoms with Crippen LogP contribution in [0.5, 0.6) is 0 Å². The van der Waals surface area contributed by atoms with E-state index in [-0.39, 0.29) is 5.60 Å². The topological polar surface area (TPSA) is 21.3 Å². The second-order valence-corrected chi connectivity index (χ2v) is 4.11. The summed E-state index contributed by atoms with van der Waals surface area (Å²) in [5.41, 5.74) is -0.218. The van der Waals surface area contributed by atoms with Crippen LogP contribution in [0.15, 0.2) is 0 Å². The molecule has 0 aliphatic rings. The van der Waals surface area contributed by atoms with Gasteiger partial charge in [-0.3, -0.25) is 0 Å². The molecule has 0 unspecified atom stereocenters. The first-order valence-corrected chi connectivity index (χ1v) is 4.62. The largest absolute Gasteiger partial charge is 0.401 e. The maximum Gasteiger partial charge on any atom is 0.401 e. The van der Waals surface area contributed by atoms with Gasteiger partial charge in [0.1, 0.15) is 0 Å². The zero-order valence-corrected chi connectivity index (χ0v) is 8.87. The molecule has 1 N–H and O–H groups in total. The zero-order chi connectivity index (χ0) is 11.2. The highest BCUT2D eigenvalue weighted by Crippen LogP contribution is 2.12. The van der Waals surface area contributed by atoms with Gasteiger partial charge in [0.15, 0.2) is 0 Å². The van der Waals surface area contributed by atoms with Crippen LogP contribution < -0.4 is 5.32 Å². The Morgan fingerprint density at radius 1 is 1.14 bits per heavy atom. The van der Waals surface area contributed by atoms with E-state index in [2.05, 4.69) is 5.32 Å². The van der Waals surface area contributed by atoms with Crippen LogP contribution in [-0.4, -0.2) is 31.5 Å². The summed E-state index contributed by atoms with van der Waals surface area (Å²) in [6, 6.07) is 0. The third-order valence-corrected chi connectivity index (χ3v) is 1.36. The number of alkyl halides is 3. The summed E-state index contributed by atoms with van der Waals surface area (Å²) < 4.78 is 40.3. The van der Waals surface area contributed by atoms with E-state index < -0.39 is 12.7 Å². The molecule has 0 aromatic heterocycles. The van der Waals surface area contributed by atoms with Gasteiger partial charge in [0.05, 0.1) is 12.1 Å². The lowest BCUT2D eigenvalue weighted by molar-refractivity contribution is -0.125. The van der Waals surface area contributed by atoms with Gasteiger partial charge in [-0.1, -0.05) is 0 Å². The molecule has 0 saturated heterocycles. The van der Waals surface area contributed by atoms with Crippen LogP contribution in [0, 0.1) is 0 Å². The van der Waals surface area contributed by atoms with Crippen LogP contribution >= 0.6 is 0 Å². The fourth-order valence-electron chi connectivity index (χ4n) is 0.806. The standard InChI is InChI=1S/C9H18F3NO/c1-8(2,3)14-6-4-5-13-7-9(10,11)12/h13H,4-7H2,1-3H3. The quantitative estimate of drug-likeness (QED) is 0.708. The molecule has 0 rings (SSSR count). The van der Waals surface area contributed by atoms with Crippen molar-refractivity contribution in [1.82, 2.24) is 5.32 Å². The van der Waals surface area contributed by atoms with Crippen molar-refractivity contribution >= 4 is 0 Å². The molecule has 14 heavy (non-hydrogen) atoms. The van der Waals surface area contributed by atoms with E-state index in [0.29, 0.717) is 19.6 Å². The monoisotopic (exact) mass is 213 g/mol. The first-order valence-electron chi connectivity index (χ1n) is 4.62. The van der Waals surface area contributed by atoms with Crippen LogP contribution in [0.2, 0.25) is 0 Å². The number of rotatable bonds is 5. The summed E-state index contributed by atoms with van der Waals surface area (Å²) in [5, 5.41) is 2.31. The third-order valence-electron chi connectivity index (χ3n) is 1.36. The Morgan fingerprint density at radius 2 is 1.71 bits per heavy atom.